The van der Waals surface area contributed by atoms with E-state index in [0.717, 1.165) is 33.3 Å². The van der Waals surface area contributed by atoms with E-state index in [4.69, 9.17) is 0 Å². The predicted molar refractivity (Wildman–Crippen MR) is 120 cm³/mol. The van der Waals surface area contributed by atoms with E-state index in [0.29, 0.717) is 11.7 Å². The zero-order chi connectivity index (χ0) is 22.0. The second-order valence-electron chi connectivity index (χ2n) is 7.41. The molecule has 8 nitrogen and oxygen atoms in total. The largest absolute Gasteiger partial charge is 0.341 e. The van der Waals surface area contributed by atoms with Gasteiger partial charge in [0.2, 0.25) is 16.6 Å². The maximum atomic E-state index is 12.8. The first-order valence-corrected chi connectivity index (χ1v) is 10.7. The van der Waals surface area contributed by atoms with Crippen molar-refractivity contribution in [3.8, 4) is 5.69 Å². The maximum Gasteiger partial charge on any atom is 0.248 e. The smallest absolute Gasteiger partial charge is 0.248 e. The molecule has 0 bridgehead atoms. The number of aromatic nitrogens is 5. The van der Waals surface area contributed by atoms with Gasteiger partial charge in [0.05, 0.1) is 11.4 Å². The van der Waals surface area contributed by atoms with Crippen LogP contribution in [0.5, 0.6) is 0 Å². The number of thioether (sulfide) groups is 1. The van der Waals surface area contributed by atoms with Gasteiger partial charge >= 0.3 is 0 Å². The monoisotopic (exact) mass is 434 g/mol. The number of aryl methyl sites for hydroxylation is 2. The summed E-state index contributed by atoms with van der Waals surface area (Å²) >= 11 is 1.28. The molecule has 0 aliphatic rings. The van der Waals surface area contributed by atoms with Crippen LogP contribution in [0.1, 0.15) is 16.7 Å². The Morgan fingerprint density at radius 3 is 2.81 bits per heavy atom. The number of aromatic amines is 1. The van der Waals surface area contributed by atoms with Gasteiger partial charge in [-0.3, -0.25) is 9.59 Å². The zero-order valence-corrected chi connectivity index (χ0v) is 18.3. The van der Waals surface area contributed by atoms with E-state index in [-0.39, 0.29) is 17.2 Å². The second kappa shape index (κ2) is 8.73. The molecule has 9 heteroatoms. The molecule has 0 saturated carbocycles. The molecule has 4 aromatic rings. The van der Waals surface area contributed by atoms with E-state index in [9.17, 15) is 9.59 Å². The van der Waals surface area contributed by atoms with Gasteiger partial charge in [0.15, 0.2) is 0 Å². The molecule has 0 aliphatic heterocycles. The molecule has 0 saturated heterocycles. The number of hydrogen-bond donors (Lipinski definition) is 1. The number of H-pyrrole nitrogens is 1. The number of benzene rings is 2. The lowest BCUT2D eigenvalue weighted by Gasteiger charge is -2.18. The minimum Gasteiger partial charge on any atom is -0.341 e. The molecule has 2 aromatic carbocycles. The summed E-state index contributed by atoms with van der Waals surface area (Å²) in [5.41, 5.74) is 4.42. The molecular weight excluding hydrogens is 412 g/mol. The highest BCUT2D eigenvalue weighted by atomic mass is 32.2. The summed E-state index contributed by atoms with van der Waals surface area (Å²) in [5.74, 6) is 0.105. The Morgan fingerprint density at radius 1 is 1.16 bits per heavy atom. The molecule has 1 N–H and O–H groups in total. The number of pyridine rings is 1. The first-order chi connectivity index (χ1) is 14.9. The lowest BCUT2D eigenvalue weighted by atomic mass is 10.1. The number of carbonyl (C=O) groups is 1. The van der Waals surface area contributed by atoms with Crippen LogP contribution in [-0.4, -0.2) is 48.8 Å². The van der Waals surface area contributed by atoms with Gasteiger partial charge in [-0.15, -0.1) is 5.10 Å². The normalized spacial score (nSPS) is 11.1. The highest BCUT2D eigenvalue weighted by Crippen LogP contribution is 2.22. The Hall–Kier alpha value is -3.46. The van der Waals surface area contributed by atoms with E-state index in [1.54, 1.807) is 22.7 Å². The Bertz CT molecular complexity index is 1310. The lowest BCUT2D eigenvalue weighted by molar-refractivity contribution is -0.127. The number of nitrogens with zero attached hydrogens (tertiary/aromatic N) is 5. The number of rotatable bonds is 6. The zero-order valence-electron chi connectivity index (χ0n) is 17.5. The topological polar surface area (TPSA) is 96.8 Å². The van der Waals surface area contributed by atoms with Crippen LogP contribution in [-0.2, 0) is 11.3 Å². The number of hydrogen-bond acceptors (Lipinski definition) is 6. The van der Waals surface area contributed by atoms with Crippen LogP contribution in [0.15, 0.2) is 58.5 Å². The first-order valence-electron chi connectivity index (χ1n) is 9.76. The van der Waals surface area contributed by atoms with Crippen molar-refractivity contribution >= 4 is 28.6 Å². The molecule has 31 heavy (non-hydrogen) atoms. The second-order valence-corrected chi connectivity index (χ2v) is 8.35. The maximum absolute atomic E-state index is 12.8. The molecule has 0 aliphatic carbocycles. The summed E-state index contributed by atoms with van der Waals surface area (Å²) < 4.78 is 1.66. The highest BCUT2D eigenvalue weighted by Gasteiger charge is 2.16. The fourth-order valence-electron chi connectivity index (χ4n) is 3.36. The van der Waals surface area contributed by atoms with E-state index in [1.807, 2.05) is 56.3 Å². The van der Waals surface area contributed by atoms with Crippen LogP contribution in [0.25, 0.3) is 16.6 Å². The van der Waals surface area contributed by atoms with Gasteiger partial charge in [-0.05, 0) is 53.1 Å². The van der Waals surface area contributed by atoms with Gasteiger partial charge < -0.3 is 9.88 Å². The van der Waals surface area contributed by atoms with Crippen LogP contribution in [0, 0.1) is 13.8 Å². The molecule has 0 unspecified atom stereocenters. The summed E-state index contributed by atoms with van der Waals surface area (Å²) in [7, 11) is 1.73. The summed E-state index contributed by atoms with van der Waals surface area (Å²) in [6.07, 6.45) is 0. The Kier molecular flexibility index (Phi) is 5.85. The number of fused-ring (bicyclic) bond motifs is 1. The van der Waals surface area contributed by atoms with Gasteiger partial charge in [-0.25, -0.2) is 0 Å². The van der Waals surface area contributed by atoms with E-state index < -0.39 is 0 Å². The van der Waals surface area contributed by atoms with Crippen LogP contribution in [0.4, 0.5) is 0 Å². The highest BCUT2D eigenvalue weighted by molar-refractivity contribution is 7.99. The molecule has 2 aromatic heterocycles. The number of amides is 1. The minimum absolute atomic E-state index is 0.0788. The lowest BCUT2D eigenvalue weighted by Crippen LogP contribution is -2.28. The van der Waals surface area contributed by atoms with Crippen LogP contribution >= 0.6 is 11.8 Å². The minimum atomic E-state index is -0.184. The van der Waals surface area contributed by atoms with Crippen molar-refractivity contribution < 1.29 is 4.79 Å². The third kappa shape index (κ3) is 4.51. The number of para-hydroxylation sites is 1. The summed E-state index contributed by atoms with van der Waals surface area (Å²) in [5, 5.41) is 13.4. The van der Waals surface area contributed by atoms with Gasteiger partial charge in [0.1, 0.15) is 0 Å². The molecule has 0 atom stereocenters. The van der Waals surface area contributed by atoms with Crippen molar-refractivity contribution in [1.82, 2.24) is 30.1 Å². The average molecular weight is 435 g/mol. The van der Waals surface area contributed by atoms with Crippen molar-refractivity contribution in [3.63, 3.8) is 0 Å². The standard InChI is InChI=1S/C22H22N6O2S/c1-14-8-9-15(2)19(10-14)28-22(24-25-26-28)31-13-21(30)27(3)12-16-11-20(29)23-18-7-5-4-6-17(16)18/h4-11H,12-13H2,1-3H3,(H,23,29). The number of carbonyl (C=O) groups excluding carboxylic acids is 1. The van der Waals surface area contributed by atoms with Gasteiger partial charge in [-0.2, -0.15) is 4.68 Å². The van der Waals surface area contributed by atoms with E-state index >= 15 is 0 Å². The van der Waals surface area contributed by atoms with Crippen molar-refractivity contribution in [1.29, 1.82) is 0 Å². The first kappa shape index (κ1) is 20.8. The molecule has 0 fully saturated rings. The van der Waals surface area contributed by atoms with E-state index in [2.05, 4.69) is 20.5 Å². The predicted octanol–water partition coefficient (Wildman–Crippen LogP) is 2.87. The Balaban J connectivity index is 1.48. The van der Waals surface area contributed by atoms with Crippen LogP contribution < -0.4 is 5.56 Å². The molecule has 0 radical (unpaired) electrons. The fourth-order valence-corrected chi connectivity index (χ4v) is 4.18. The third-order valence-corrected chi connectivity index (χ3v) is 5.93. The molecule has 1 amide bonds. The van der Waals surface area contributed by atoms with Crippen molar-refractivity contribution in [2.45, 2.75) is 25.5 Å². The Morgan fingerprint density at radius 2 is 1.97 bits per heavy atom. The molecule has 4 rings (SSSR count). The number of tetrazole rings is 1. The van der Waals surface area contributed by atoms with Crippen molar-refractivity contribution in [2.75, 3.05) is 12.8 Å². The van der Waals surface area contributed by atoms with Crippen molar-refractivity contribution in [2.24, 2.45) is 0 Å². The molecule has 2 heterocycles. The third-order valence-electron chi connectivity index (χ3n) is 5.03. The summed E-state index contributed by atoms with van der Waals surface area (Å²) in [6, 6.07) is 15.2. The van der Waals surface area contributed by atoms with Gasteiger partial charge in [-0.1, -0.05) is 42.1 Å². The molecular formula is C22H22N6O2S. The molecule has 158 valence electrons. The average Bonchev–Trinajstić information content (AvgIpc) is 3.22. The Labute approximate surface area is 183 Å². The fraction of sp³-hybridized carbons (Fsp3) is 0.227. The van der Waals surface area contributed by atoms with Crippen LogP contribution in [0.2, 0.25) is 0 Å². The quantitative estimate of drug-likeness (QED) is 0.469. The summed E-state index contributed by atoms with van der Waals surface area (Å²) in [4.78, 5) is 29.2. The molecule has 0 spiro atoms. The van der Waals surface area contributed by atoms with Crippen LogP contribution in [0.3, 0.4) is 0 Å². The van der Waals surface area contributed by atoms with Gasteiger partial charge in [0.25, 0.3) is 0 Å². The van der Waals surface area contributed by atoms with Crippen molar-refractivity contribution in [3.05, 3.63) is 75.6 Å². The number of nitrogens with one attached hydrogen (secondary N) is 1. The van der Waals surface area contributed by atoms with E-state index in [1.165, 1.54) is 11.8 Å². The SMILES string of the molecule is Cc1ccc(C)c(-n2nnnc2SCC(=O)N(C)Cc2cc(=O)[nH]c3ccccc23)c1. The van der Waals surface area contributed by atoms with Gasteiger partial charge in [0, 0.05) is 30.6 Å². The summed E-state index contributed by atoms with van der Waals surface area (Å²) in [6.45, 7) is 4.35.